The van der Waals surface area contributed by atoms with Crippen LogP contribution in [0.15, 0.2) is 54.6 Å². The highest BCUT2D eigenvalue weighted by Crippen LogP contribution is 2.20. The molecule has 1 aliphatic rings. The van der Waals surface area contributed by atoms with Gasteiger partial charge in [-0.15, -0.1) is 0 Å². The first kappa shape index (κ1) is 17.7. The summed E-state index contributed by atoms with van der Waals surface area (Å²) in [5.41, 5.74) is 2.78. The maximum absolute atomic E-state index is 12.5. The molecule has 0 bridgehead atoms. The lowest BCUT2D eigenvalue weighted by Gasteiger charge is -2.22. The van der Waals surface area contributed by atoms with E-state index in [1.54, 1.807) is 31.3 Å². The Hall–Kier alpha value is -3.15. The summed E-state index contributed by atoms with van der Waals surface area (Å²) in [6, 6.07) is 16.3. The summed E-state index contributed by atoms with van der Waals surface area (Å²) in [5, 5.41) is 0. The minimum Gasteiger partial charge on any atom is -0.340 e. The predicted molar refractivity (Wildman–Crippen MR) is 98.6 cm³/mol. The van der Waals surface area contributed by atoms with E-state index in [4.69, 9.17) is 0 Å². The zero-order chi connectivity index (χ0) is 18.7. The van der Waals surface area contributed by atoms with Crippen LogP contribution in [0.4, 0.5) is 10.5 Å². The summed E-state index contributed by atoms with van der Waals surface area (Å²) < 4.78 is 0. The number of urea groups is 1. The Labute approximate surface area is 152 Å². The molecule has 0 unspecified atom stereocenters. The van der Waals surface area contributed by atoms with Crippen molar-refractivity contribution in [3.63, 3.8) is 0 Å². The van der Waals surface area contributed by atoms with Gasteiger partial charge in [-0.3, -0.25) is 19.4 Å². The van der Waals surface area contributed by atoms with E-state index in [1.807, 2.05) is 37.3 Å². The quantitative estimate of drug-likeness (QED) is 0.777. The first-order valence-electron chi connectivity index (χ1n) is 8.42. The van der Waals surface area contributed by atoms with Gasteiger partial charge in [0.1, 0.15) is 13.1 Å². The third-order valence-corrected chi connectivity index (χ3v) is 4.51. The van der Waals surface area contributed by atoms with Crippen molar-refractivity contribution >= 4 is 23.5 Å². The number of amides is 4. The van der Waals surface area contributed by atoms with Crippen LogP contribution in [0.1, 0.15) is 11.1 Å². The largest absolute Gasteiger partial charge is 0.340 e. The molecule has 0 saturated carbocycles. The Morgan fingerprint density at radius 3 is 2.38 bits per heavy atom. The molecule has 0 spiro atoms. The minimum absolute atomic E-state index is 0.0440. The number of rotatable bonds is 5. The molecular weight excluding hydrogens is 330 g/mol. The van der Waals surface area contributed by atoms with Gasteiger partial charge in [-0.25, -0.2) is 4.79 Å². The van der Waals surface area contributed by atoms with Gasteiger partial charge in [0, 0.05) is 19.3 Å². The normalized spacial score (nSPS) is 14.1. The van der Waals surface area contributed by atoms with E-state index in [9.17, 15) is 14.4 Å². The second-order valence-corrected chi connectivity index (χ2v) is 6.36. The van der Waals surface area contributed by atoms with E-state index >= 15 is 0 Å². The number of aryl methyl sites for hydroxylation is 1. The van der Waals surface area contributed by atoms with Gasteiger partial charge >= 0.3 is 6.03 Å². The van der Waals surface area contributed by atoms with Crippen LogP contribution in [0.3, 0.4) is 0 Å². The number of nitrogens with zero attached hydrogens (tertiary/aromatic N) is 3. The molecule has 0 radical (unpaired) electrons. The fourth-order valence-electron chi connectivity index (χ4n) is 2.89. The highest BCUT2D eigenvalue weighted by molar-refractivity contribution is 6.13. The molecule has 6 nitrogen and oxygen atoms in total. The summed E-state index contributed by atoms with van der Waals surface area (Å²) in [7, 11) is 1.68. The highest BCUT2D eigenvalue weighted by Gasteiger charge is 2.38. The van der Waals surface area contributed by atoms with Crippen LogP contribution < -0.4 is 4.90 Å². The lowest BCUT2D eigenvalue weighted by atomic mass is 10.1. The summed E-state index contributed by atoms with van der Waals surface area (Å²) in [6.45, 7) is 2.13. The number of carbonyl (C=O) groups is 3. The fraction of sp³-hybridized carbons (Fsp3) is 0.250. The monoisotopic (exact) mass is 351 g/mol. The van der Waals surface area contributed by atoms with Crippen molar-refractivity contribution in [2.45, 2.75) is 13.5 Å². The smallest absolute Gasteiger partial charge is 0.332 e. The van der Waals surface area contributed by atoms with Crippen LogP contribution in [-0.2, 0) is 16.1 Å². The van der Waals surface area contributed by atoms with Crippen molar-refractivity contribution in [2.24, 2.45) is 0 Å². The molecule has 0 aliphatic carbocycles. The topological polar surface area (TPSA) is 60.9 Å². The predicted octanol–water partition coefficient (Wildman–Crippen LogP) is 2.42. The minimum atomic E-state index is -0.459. The van der Waals surface area contributed by atoms with Crippen LogP contribution in [0.5, 0.6) is 0 Å². The molecule has 4 amide bonds. The van der Waals surface area contributed by atoms with Gasteiger partial charge in [0.25, 0.3) is 5.91 Å². The summed E-state index contributed by atoms with van der Waals surface area (Å²) in [6.07, 6.45) is 0. The molecule has 1 heterocycles. The molecule has 6 heteroatoms. The van der Waals surface area contributed by atoms with Crippen molar-refractivity contribution in [3.05, 3.63) is 65.7 Å². The number of likely N-dealkylation sites (N-methyl/N-ethyl adjacent to an activating group) is 1. The van der Waals surface area contributed by atoms with Gasteiger partial charge < -0.3 is 4.90 Å². The van der Waals surface area contributed by atoms with Gasteiger partial charge in [-0.2, -0.15) is 0 Å². The number of hydrogen-bond acceptors (Lipinski definition) is 3. The number of para-hydroxylation sites is 1. The third-order valence-electron chi connectivity index (χ3n) is 4.51. The Balaban J connectivity index is 1.66. The molecule has 134 valence electrons. The Kier molecular flexibility index (Phi) is 5.02. The first-order valence-corrected chi connectivity index (χ1v) is 8.42. The van der Waals surface area contributed by atoms with E-state index in [1.165, 1.54) is 9.80 Å². The molecule has 2 aromatic carbocycles. The molecule has 1 fully saturated rings. The van der Waals surface area contributed by atoms with Crippen LogP contribution in [0, 0.1) is 6.92 Å². The molecule has 0 N–H and O–H groups in total. The molecule has 1 saturated heterocycles. The number of imide groups is 1. The SMILES string of the molecule is Cc1ccccc1CN(C)C(=O)CN1C(=O)CN(c2ccccc2)C1=O. The van der Waals surface area contributed by atoms with Crippen LogP contribution in [0.25, 0.3) is 0 Å². The van der Waals surface area contributed by atoms with E-state index in [2.05, 4.69) is 0 Å². The molecule has 0 aromatic heterocycles. The molecule has 2 aromatic rings. The Morgan fingerprint density at radius 1 is 1.04 bits per heavy atom. The van der Waals surface area contributed by atoms with Gasteiger partial charge in [0.15, 0.2) is 0 Å². The highest BCUT2D eigenvalue weighted by atomic mass is 16.2. The van der Waals surface area contributed by atoms with Crippen molar-refractivity contribution in [1.82, 2.24) is 9.80 Å². The molecular formula is C20H21N3O3. The van der Waals surface area contributed by atoms with Crippen molar-refractivity contribution in [1.29, 1.82) is 0 Å². The average Bonchev–Trinajstić information content (AvgIpc) is 2.92. The second-order valence-electron chi connectivity index (χ2n) is 6.36. The van der Waals surface area contributed by atoms with E-state index < -0.39 is 6.03 Å². The third kappa shape index (κ3) is 3.59. The molecule has 3 rings (SSSR count). The number of anilines is 1. The summed E-state index contributed by atoms with van der Waals surface area (Å²) in [5.74, 6) is -0.638. The first-order chi connectivity index (χ1) is 12.5. The summed E-state index contributed by atoms with van der Waals surface area (Å²) in [4.78, 5) is 41.2. The number of benzene rings is 2. The number of carbonyl (C=O) groups excluding carboxylic acids is 3. The van der Waals surface area contributed by atoms with Gasteiger partial charge in [0.2, 0.25) is 5.91 Å². The van der Waals surface area contributed by atoms with E-state index in [-0.39, 0.29) is 24.9 Å². The lowest BCUT2D eigenvalue weighted by molar-refractivity contribution is -0.135. The molecule has 1 aliphatic heterocycles. The van der Waals surface area contributed by atoms with Crippen LogP contribution in [-0.4, -0.2) is 47.8 Å². The fourth-order valence-corrected chi connectivity index (χ4v) is 2.89. The lowest BCUT2D eigenvalue weighted by Crippen LogP contribution is -2.42. The zero-order valence-corrected chi connectivity index (χ0v) is 14.9. The second kappa shape index (κ2) is 7.39. The van der Waals surface area contributed by atoms with Crippen molar-refractivity contribution < 1.29 is 14.4 Å². The van der Waals surface area contributed by atoms with Crippen molar-refractivity contribution in [3.8, 4) is 0 Å². The average molecular weight is 351 g/mol. The van der Waals surface area contributed by atoms with Crippen molar-refractivity contribution in [2.75, 3.05) is 25.0 Å². The van der Waals surface area contributed by atoms with Gasteiger partial charge in [-0.1, -0.05) is 42.5 Å². The van der Waals surface area contributed by atoms with Gasteiger partial charge in [0.05, 0.1) is 0 Å². The standard InChI is InChI=1S/C20H21N3O3/c1-15-8-6-7-9-16(15)12-21(2)18(24)13-23-19(25)14-22(20(23)26)17-10-4-3-5-11-17/h3-11H,12-14H2,1-2H3. The van der Waals surface area contributed by atoms with E-state index in [0.717, 1.165) is 16.0 Å². The Morgan fingerprint density at radius 2 is 1.69 bits per heavy atom. The van der Waals surface area contributed by atoms with E-state index in [0.29, 0.717) is 12.2 Å². The molecule has 0 atom stereocenters. The Bertz CT molecular complexity index is 835. The zero-order valence-electron chi connectivity index (χ0n) is 14.9. The van der Waals surface area contributed by atoms with Gasteiger partial charge in [-0.05, 0) is 30.2 Å². The maximum atomic E-state index is 12.5. The molecule has 26 heavy (non-hydrogen) atoms. The summed E-state index contributed by atoms with van der Waals surface area (Å²) >= 11 is 0. The van der Waals surface area contributed by atoms with Crippen LogP contribution >= 0.6 is 0 Å². The number of hydrogen-bond donors (Lipinski definition) is 0. The van der Waals surface area contributed by atoms with Crippen LogP contribution in [0.2, 0.25) is 0 Å². The maximum Gasteiger partial charge on any atom is 0.332 e.